The highest BCUT2D eigenvalue weighted by Gasteiger charge is 2.16. The number of aromatic nitrogens is 7. The van der Waals surface area contributed by atoms with Crippen LogP contribution in [0.5, 0.6) is 17.2 Å². The van der Waals surface area contributed by atoms with E-state index in [9.17, 15) is 4.79 Å². The number of benzene rings is 2. The van der Waals surface area contributed by atoms with Crippen LogP contribution in [0.4, 0.5) is 0 Å². The molecule has 2 aromatic carbocycles. The highest BCUT2D eigenvalue weighted by Crippen LogP contribution is 2.31. The number of rotatable bonds is 7. The molecule has 0 unspecified atom stereocenters. The van der Waals surface area contributed by atoms with Crippen molar-refractivity contribution in [1.82, 2.24) is 34.7 Å². The van der Waals surface area contributed by atoms with Gasteiger partial charge in [-0.05, 0) is 42.5 Å². The molecule has 0 radical (unpaired) electrons. The van der Waals surface area contributed by atoms with Crippen LogP contribution in [0.3, 0.4) is 0 Å². The van der Waals surface area contributed by atoms with Gasteiger partial charge in [0, 0.05) is 5.56 Å². The molecule has 3 heterocycles. The quantitative estimate of drug-likeness (QED) is 0.355. The Hall–Kier alpha value is -4.74. The second kappa shape index (κ2) is 8.65. The van der Waals surface area contributed by atoms with Crippen LogP contribution in [0.1, 0.15) is 5.89 Å². The van der Waals surface area contributed by atoms with E-state index in [0.717, 1.165) is 0 Å². The largest absolute Gasteiger partial charge is 0.497 e. The van der Waals surface area contributed by atoms with Gasteiger partial charge >= 0.3 is 0 Å². The van der Waals surface area contributed by atoms with Crippen LogP contribution in [-0.2, 0) is 6.54 Å². The maximum Gasteiger partial charge on any atom is 0.284 e. The third kappa shape index (κ3) is 3.70. The molecule has 12 heteroatoms. The van der Waals surface area contributed by atoms with E-state index in [-0.39, 0.29) is 23.5 Å². The summed E-state index contributed by atoms with van der Waals surface area (Å²) in [5.41, 5.74) is 1.46. The fourth-order valence-electron chi connectivity index (χ4n) is 3.41. The zero-order chi connectivity index (χ0) is 23.7. The molecule has 5 rings (SSSR count). The van der Waals surface area contributed by atoms with Gasteiger partial charge in [0.25, 0.3) is 5.56 Å². The third-order valence-electron chi connectivity index (χ3n) is 5.16. The summed E-state index contributed by atoms with van der Waals surface area (Å²) in [6.45, 7) is 0.0253. The summed E-state index contributed by atoms with van der Waals surface area (Å²) in [5, 5.41) is 12.1. The lowest BCUT2D eigenvalue weighted by atomic mass is 10.2. The van der Waals surface area contributed by atoms with Gasteiger partial charge < -0.3 is 18.7 Å². The molecule has 0 spiro atoms. The minimum Gasteiger partial charge on any atom is -0.497 e. The zero-order valence-corrected chi connectivity index (χ0v) is 18.5. The third-order valence-corrected chi connectivity index (χ3v) is 5.16. The summed E-state index contributed by atoms with van der Waals surface area (Å²) < 4.78 is 23.9. The number of ether oxygens (including phenoxy) is 3. The second-order valence-corrected chi connectivity index (χ2v) is 7.13. The van der Waals surface area contributed by atoms with Crippen LogP contribution >= 0.6 is 0 Å². The summed E-state index contributed by atoms with van der Waals surface area (Å²) in [4.78, 5) is 21.7. The van der Waals surface area contributed by atoms with Crippen molar-refractivity contribution in [2.45, 2.75) is 6.54 Å². The molecule has 0 aliphatic heterocycles. The van der Waals surface area contributed by atoms with Gasteiger partial charge in [0.2, 0.25) is 11.7 Å². The lowest BCUT2D eigenvalue weighted by Crippen LogP contribution is -2.21. The van der Waals surface area contributed by atoms with Gasteiger partial charge in [0.15, 0.2) is 22.7 Å². The van der Waals surface area contributed by atoms with Gasteiger partial charge in [-0.15, -0.1) is 5.10 Å². The summed E-state index contributed by atoms with van der Waals surface area (Å²) in [6.07, 6.45) is 1.40. The highest BCUT2D eigenvalue weighted by atomic mass is 16.5. The first-order valence-electron chi connectivity index (χ1n) is 10.1. The Balaban J connectivity index is 1.42. The van der Waals surface area contributed by atoms with Crippen molar-refractivity contribution < 1.29 is 18.7 Å². The average Bonchev–Trinajstić information content (AvgIpc) is 3.53. The maximum absolute atomic E-state index is 13.0. The summed E-state index contributed by atoms with van der Waals surface area (Å²) >= 11 is 0. The van der Waals surface area contributed by atoms with Crippen molar-refractivity contribution in [1.29, 1.82) is 0 Å². The second-order valence-electron chi connectivity index (χ2n) is 7.13. The van der Waals surface area contributed by atoms with Crippen molar-refractivity contribution >= 4 is 11.2 Å². The summed E-state index contributed by atoms with van der Waals surface area (Å²) in [6, 6.07) is 12.4. The van der Waals surface area contributed by atoms with Crippen molar-refractivity contribution in [2.75, 3.05) is 21.3 Å². The van der Waals surface area contributed by atoms with Crippen LogP contribution in [0.15, 0.2) is 58.1 Å². The summed E-state index contributed by atoms with van der Waals surface area (Å²) in [5.74, 6) is 2.41. The molecular formula is C22H19N7O5. The molecule has 12 nitrogen and oxygen atoms in total. The van der Waals surface area contributed by atoms with Crippen molar-refractivity contribution in [3.63, 3.8) is 0 Å². The number of hydrogen-bond acceptors (Lipinski definition) is 10. The van der Waals surface area contributed by atoms with E-state index in [1.54, 1.807) is 63.8 Å². The fourth-order valence-corrected chi connectivity index (χ4v) is 3.41. The van der Waals surface area contributed by atoms with Gasteiger partial charge in [-0.1, -0.05) is 10.4 Å². The Morgan fingerprint density at radius 3 is 2.50 bits per heavy atom. The smallest absolute Gasteiger partial charge is 0.284 e. The highest BCUT2D eigenvalue weighted by molar-refractivity contribution is 5.70. The molecule has 0 bridgehead atoms. The SMILES string of the molecule is COc1ccc(-n2nnc3c(=O)n(Cc4nc(-c5ccc(OC)c(OC)c5)no4)cnc32)cc1. The first-order chi connectivity index (χ1) is 16.6. The van der Waals surface area contributed by atoms with Crippen LogP contribution in [-0.4, -0.2) is 56.0 Å². The Bertz CT molecular complexity index is 1520. The Labute approximate surface area is 192 Å². The van der Waals surface area contributed by atoms with E-state index in [1.807, 2.05) is 0 Å². The zero-order valence-electron chi connectivity index (χ0n) is 18.5. The predicted octanol–water partition coefficient (Wildman–Crippen LogP) is 2.10. The first kappa shape index (κ1) is 21.1. The van der Waals surface area contributed by atoms with E-state index in [1.165, 1.54) is 15.6 Å². The minimum absolute atomic E-state index is 0.0253. The molecule has 0 amide bonds. The topological polar surface area (TPSA) is 132 Å². The average molecular weight is 461 g/mol. The normalized spacial score (nSPS) is 11.0. The number of nitrogens with zero attached hydrogens (tertiary/aromatic N) is 7. The number of fused-ring (bicyclic) bond motifs is 1. The predicted molar refractivity (Wildman–Crippen MR) is 119 cm³/mol. The standard InChI is InChI=1S/C22H19N7O5/c1-31-15-7-5-14(6-8-15)29-21-19(25-27-29)22(30)28(12-23-21)11-18-24-20(26-34-18)13-4-9-16(32-2)17(10-13)33-3/h4-10,12H,11H2,1-3H3. The summed E-state index contributed by atoms with van der Waals surface area (Å²) in [7, 11) is 4.69. The Morgan fingerprint density at radius 2 is 1.76 bits per heavy atom. The molecule has 172 valence electrons. The molecule has 0 atom stereocenters. The van der Waals surface area contributed by atoms with E-state index in [0.29, 0.717) is 40.0 Å². The fraction of sp³-hybridized carbons (Fsp3) is 0.182. The number of hydrogen-bond donors (Lipinski definition) is 0. The molecule has 34 heavy (non-hydrogen) atoms. The minimum atomic E-state index is -0.379. The molecule has 0 aliphatic rings. The van der Waals surface area contributed by atoms with Crippen molar-refractivity contribution in [2.24, 2.45) is 0 Å². The first-order valence-corrected chi connectivity index (χ1v) is 10.1. The Kier molecular flexibility index (Phi) is 5.38. The van der Waals surface area contributed by atoms with Crippen molar-refractivity contribution in [3.05, 3.63) is 65.0 Å². The monoisotopic (exact) mass is 461 g/mol. The molecular weight excluding hydrogens is 442 g/mol. The van der Waals surface area contributed by atoms with Crippen LogP contribution in [0.2, 0.25) is 0 Å². The van der Waals surface area contributed by atoms with Gasteiger partial charge in [0.1, 0.15) is 18.6 Å². The Morgan fingerprint density at radius 1 is 0.971 bits per heavy atom. The molecule has 0 aliphatic carbocycles. The lowest BCUT2D eigenvalue weighted by Gasteiger charge is -2.07. The van der Waals surface area contributed by atoms with Crippen LogP contribution in [0.25, 0.3) is 28.2 Å². The molecule has 0 saturated carbocycles. The van der Waals surface area contributed by atoms with Gasteiger partial charge in [-0.2, -0.15) is 9.67 Å². The van der Waals surface area contributed by atoms with E-state index < -0.39 is 0 Å². The molecule has 5 aromatic rings. The van der Waals surface area contributed by atoms with E-state index in [4.69, 9.17) is 18.7 Å². The molecule has 3 aromatic heterocycles. The molecule has 0 fully saturated rings. The lowest BCUT2D eigenvalue weighted by molar-refractivity contribution is 0.355. The van der Waals surface area contributed by atoms with Gasteiger partial charge in [-0.3, -0.25) is 9.36 Å². The molecule has 0 saturated heterocycles. The van der Waals surface area contributed by atoms with Gasteiger partial charge in [0.05, 0.1) is 27.0 Å². The van der Waals surface area contributed by atoms with E-state index >= 15 is 0 Å². The number of methoxy groups -OCH3 is 3. The molecule has 0 N–H and O–H groups in total. The maximum atomic E-state index is 13.0. The van der Waals surface area contributed by atoms with Crippen LogP contribution < -0.4 is 19.8 Å². The van der Waals surface area contributed by atoms with Crippen molar-refractivity contribution in [3.8, 4) is 34.3 Å². The van der Waals surface area contributed by atoms with Crippen LogP contribution in [0, 0.1) is 0 Å². The van der Waals surface area contributed by atoms with Gasteiger partial charge in [-0.25, -0.2) is 4.98 Å². The van der Waals surface area contributed by atoms with E-state index in [2.05, 4.69) is 25.4 Å².